The quantitative estimate of drug-likeness (QED) is 0.571. The first-order valence-corrected chi connectivity index (χ1v) is 12.0. The largest absolute Gasteiger partial charge is 0.361 e. The highest BCUT2D eigenvalue weighted by molar-refractivity contribution is 6.20. The number of halogens is 2. The number of piperidine rings is 1. The van der Waals surface area contributed by atoms with E-state index in [0.717, 1.165) is 49.1 Å². The van der Waals surface area contributed by atoms with Gasteiger partial charge in [-0.2, -0.15) is 0 Å². The molecular weight excluding hydrogens is 375 g/mol. The Hall–Kier alpha value is -0.610. The molecule has 4 atom stereocenters. The molecule has 2 bridgehead atoms. The molecule has 4 fully saturated rings. The van der Waals surface area contributed by atoms with Gasteiger partial charge in [-0.1, -0.05) is 5.16 Å². The van der Waals surface area contributed by atoms with E-state index >= 15 is 0 Å². The summed E-state index contributed by atoms with van der Waals surface area (Å²) in [6, 6.07) is 3.57. The minimum atomic E-state index is -0.619. The van der Waals surface area contributed by atoms with Crippen molar-refractivity contribution in [2.45, 2.75) is 106 Å². The third kappa shape index (κ3) is 3.53. The molecule has 156 valence electrons. The molecule has 3 nitrogen and oxygen atoms in total. The van der Waals surface area contributed by atoms with Crippen LogP contribution in [-0.4, -0.2) is 40.7 Å². The molecule has 2 saturated carbocycles. The van der Waals surface area contributed by atoms with Gasteiger partial charge in [0.1, 0.15) is 11.9 Å². The molecule has 2 aliphatic heterocycles. The summed E-state index contributed by atoms with van der Waals surface area (Å²) in [6.45, 7) is 0. The van der Waals surface area contributed by atoms with Gasteiger partial charge >= 0.3 is 0 Å². The molecule has 0 aromatic carbocycles. The van der Waals surface area contributed by atoms with E-state index in [1.165, 1.54) is 32.1 Å². The molecule has 1 aromatic heterocycles. The molecule has 5 rings (SSSR count). The van der Waals surface area contributed by atoms with E-state index in [9.17, 15) is 4.39 Å². The minimum Gasteiger partial charge on any atom is -0.361 e. The number of hydrogen-bond donors (Lipinski definition) is 0. The fourth-order valence-electron chi connectivity index (χ4n) is 6.90. The topological polar surface area (TPSA) is 29.3 Å². The smallest absolute Gasteiger partial charge is 0.141 e. The minimum absolute atomic E-state index is 0.375. The Morgan fingerprint density at radius 2 is 1.79 bits per heavy atom. The summed E-state index contributed by atoms with van der Waals surface area (Å²) < 4.78 is 19.6. The van der Waals surface area contributed by atoms with Gasteiger partial charge in [0.15, 0.2) is 0 Å². The first-order valence-electron chi connectivity index (χ1n) is 11.6. The summed E-state index contributed by atoms with van der Waals surface area (Å²) in [5.74, 6) is 3.41. The molecule has 2 aliphatic carbocycles. The summed E-state index contributed by atoms with van der Waals surface area (Å²) in [4.78, 5) is 2.62. The first-order chi connectivity index (χ1) is 13.6. The lowest BCUT2D eigenvalue weighted by molar-refractivity contribution is 0.0519. The van der Waals surface area contributed by atoms with E-state index in [2.05, 4.69) is 23.2 Å². The predicted octanol–water partition coefficient (Wildman–Crippen LogP) is 6.03. The van der Waals surface area contributed by atoms with Crippen molar-refractivity contribution >= 4 is 11.6 Å². The summed E-state index contributed by atoms with van der Waals surface area (Å²) in [5, 5.41) is 4.88. The maximum Gasteiger partial charge on any atom is 0.141 e. The van der Waals surface area contributed by atoms with Crippen molar-refractivity contribution in [2.24, 2.45) is 11.8 Å². The van der Waals surface area contributed by atoms with Crippen LogP contribution < -0.4 is 0 Å². The van der Waals surface area contributed by atoms with Crippen LogP contribution in [0.5, 0.6) is 0 Å². The van der Waals surface area contributed by atoms with Crippen LogP contribution in [0.2, 0.25) is 0 Å². The van der Waals surface area contributed by atoms with E-state index in [1.54, 1.807) is 0 Å². The van der Waals surface area contributed by atoms with E-state index in [4.69, 9.17) is 16.1 Å². The van der Waals surface area contributed by atoms with Crippen molar-refractivity contribution in [2.75, 3.05) is 7.05 Å². The molecule has 0 amide bonds. The van der Waals surface area contributed by atoms with E-state index in [1.807, 2.05) is 0 Å². The lowest BCUT2D eigenvalue weighted by Crippen LogP contribution is -2.47. The molecule has 0 spiro atoms. The molecule has 1 aromatic rings. The Kier molecular flexibility index (Phi) is 5.47. The molecule has 5 heteroatoms. The van der Waals surface area contributed by atoms with Gasteiger partial charge in [0, 0.05) is 35.4 Å². The van der Waals surface area contributed by atoms with Crippen LogP contribution in [0.3, 0.4) is 0 Å². The molecule has 4 aliphatic rings. The fraction of sp³-hybridized carbons (Fsp3) is 0.870. The van der Waals surface area contributed by atoms with E-state index in [0.29, 0.717) is 42.0 Å². The average molecular weight is 409 g/mol. The summed E-state index contributed by atoms with van der Waals surface area (Å²) in [5.41, 5.74) is 1.08. The van der Waals surface area contributed by atoms with Gasteiger partial charge in [-0.05, 0) is 89.5 Å². The van der Waals surface area contributed by atoms with Crippen molar-refractivity contribution < 1.29 is 8.91 Å². The van der Waals surface area contributed by atoms with Crippen LogP contribution >= 0.6 is 11.6 Å². The van der Waals surface area contributed by atoms with Crippen LogP contribution in [0.4, 0.5) is 4.39 Å². The highest BCUT2D eigenvalue weighted by atomic mass is 35.5. The summed E-state index contributed by atoms with van der Waals surface area (Å²) in [7, 11) is 2.31. The average Bonchev–Trinajstić information content (AvgIpc) is 3.26. The van der Waals surface area contributed by atoms with Crippen molar-refractivity contribution in [1.29, 1.82) is 0 Å². The van der Waals surface area contributed by atoms with Gasteiger partial charge in [-0.25, -0.2) is 4.39 Å². The highest BCUT2D eigenvalue weighted by Crippen LogP contribution is 2.52. The van der Waals surface area contributed by atoms with Crippen LogP contribution in [0, 0.1) is 11.8 Å². The zero-order valence-electron chi connectivity index (χ0n) is 17.0. The monoisotopic (exact) mass is 408 g/mol. The Morgan fingerprint density at radius 3 is 2.54 bits per heavy atom. The molecule has 0 N–H and O–H groups in total. The predicted molar refractivity (Wildman–Crippen MR) is 110 cm³/mol. The highest BCUT2D eigenvalue weighted by Gasteiger charge is 2.50. The molecule has 2 unspecified atom stereocenters. The van der Waals surface area contributed by atoms with E-state index < -0.39 is 6.17 Å². The zero-order chi connectivity index (χ0) is 19.3. The van der Waals surface area contributed by atoms with E-state index in [-0.39, 0.29) is 0 Å². The van der Waals surface area contributed by atoms with Gasteiger partial charge in [0.25, 0.3) is 0 Å². The Labute approximate surface area is 173 Å². The third-order valence-corrected chi connectivity index (χ3v) is 9.01. The molecule has 28 heavy (non-hydrogen) atoms. The second-order valence-electron chi connectivity index (χ2n) is 10.0. The number of likely N-dealkylation sites (N-methyl/N-ethyl adjacent to an activating group) is 1. The van der Waals surface area contributed by atoms with Crippen LogP contribution in [0.15, 0.2) is 10.6 Å². The second kappa shape index (κ2) is 7.91. The van der Waals surface area contributed by atoms with Gasteiger partial charge < -0.3 is 4.52 Å². The van der Waals surface area contributed by atoms with Gasteiger partial charge in [-0.15, -0.1) is 11.6 Å². The van der Waals surface area contributed by atoms with Gasteiger partial charge in [0.2, 0.25) is 0 Å². The third-order valence-electron chi connectivity index (χ3n) is 8.57. The maximum atomic E-state index is 13.5. The van der Waals surface area contributed by atoms with Crippen molar-refractivity contribution in [1.82, 2.24) is 10.1 Å². The summed E-state index contributed by atoms with van der Waals surface area (Å²) in [6.07, 6.45) is 11.3. The number of nitrogens with zero attached hydrogens (tertiary/aromatic N) is 2. The number of alkyl halides is 2. The Bertz CT molecular complexity index is 665. The van der Waals surface area contributed by atoms with Crippen molar-refractivity contribution in [3.05, 3.63) is 17.5 Å². The standard InChI is InChI=1S/C23H34ClFN2O/c1-27-18-10-11-21(27)23(19(12-18)14-2-6-16(24)7-3-14)22-13-20(26-28-22)15-4-8-17(25)9-5-15/h13-19,21,23H,2-12H2,1H3/t14?,15?,16?,17?,18?,19-,21?,23+/m1/s1. The molecule has 2 saturated heterocycles. The second-order valence-corrected chi connectivity index (χ2v) is 10.6. The fourth-order valence-corrected chi connectivity index (χ4v) is 7.15. The molecular formula is C23H34ClFN2O. The van der Waals surface area contributed by atoms with Gasteiger partial charge in [0.05, 0.1) is 5.69 Å². The van der Waals surface area contributed by atoms with Crippen molar-refractivity contribution in [3.8, 4) is 0 Å². The number of fused-ring (bicyclic) bond motifs is 2. The zero-order valence-corrected chi connectivity index (χ0v) is 17.8. The molecule has 3 heterocycles. The lowest BCUT2D eigenvalue weighted by atomic mass is 9.67. The normalized spacial score (nSPS) is 44.7. The lowest BCUT2D eigenvalue weighted by Gasteiger charge is -2.46. The number of rotatable bonds is 3. The van der Waals surface area contributed by atoms with Crippen LogP contribution in [0.25, 0.3) is 0 Å². The SMILES string of the molecule is CN1C2CCC1[C@@H](c1cc(C3CCC(F)CC3)no1)[C@@H](C1CCC(Cl)CC1)C2. The van der Waals surface area contributed by atoms with Crippen LogP contribution in [0.1, 0.15) is 93.9 Å². The van der Waals surface area contributed by atoms with Crippen LogP contribution in [-0.2, 0) is 0 Å². The summed E-state index contributed by atoms with van der Waals surface area (Å²) >= 11 is 6.40. The number of aromatic nitrogens is 1. The maximum absolute atomic E-state index is 13.5. The Balaban J connectivity index is 1.39. The first kappa shape index (κ1) is 19.4. The van der Waals surface area contributed by atoms with Crippen molar-refractivity contribution in [3.63, 3.8) is 0 Å². The Morgan fingerprint density at radius 1 is 1.04 bits per heavy atom. The molecule has 0 radical (unpaired) electrons. The number of hydrogen-bond acceptors (Lipinski definition) is 3. The van der Waals surface area contributed by atoms with Gasteiger partial charge in [-0.3, -0.25) is 4.90 Å².